The predicted molar refractivity (Wildman–Crippen MR) is 92.4 cm³/mol. The number of nitrogens with zero attached hydrogens (tertiary/aromatic N) is 1. The topological polar surface area (TPSA) is 36.4 Å². The summed E-state index contributed by atoms with van der Waals surface area (Å²) in [7, 11) is 1.77. The normalized spacial score (nSPS) is 21.1. The molecular formula is C15H23FIN3. The molecule has 112 valence electrons. The van der Waals surface area contributed by atoms with Crippen molar-refractivity contribution in [2.24, 2.45) is 4.99 Å². The van der Waals surface area contributed by atoms with Crippen molar-refractivity contribution in [3.8, 4) is 0 Å². The quantitative estimate of drug-likeness (QED) is 0.350. The van der Waals surface area contributed by atoms with Crippen LogP contribution in [0.25, 0.3) is 0 Å². The highest BCUT2D eigenvalue weighted by Gasteiger charge is 2.40. The van der Waals surface area contributed by atoms with Crippen molar-refractivity contribution in [2.45, 2.75) is 38.1 Å². The molecule has 0 aromatic heterocycles. The van der Waals surface area contributed by atoms with Crippen LogP contribution in [0.3, 0.4) is 0 Å². The maximum Gasteiger partial charge on any atom is 0.191 e. The number of benzene rings is 1. The number of hydrogen-bond acceptors (Lipinski definition) is 1. The van der Waals surface area contributed by atoms with Crippen LogP contribution in [0.5, 0.6) is 0 Å². The minimum absolute atomic E-state index is 0. The molecular weight excluding hydrogens is 368 g/mol. The first kappa shape index (κ1) is 17.2. The van der Waals surface area contributed by atoms with Gasteiger partial charge in [-0.2, -0.15) is 0 Å². The first-order valence-corrected chi connectivity index (χ1v) is 6.97. The van der Waals surface area contributed by atoms with Crippen molar-refractivity contribution in [1.29, 1.82) is 0 Å². The lowest BCUT2D eigenvalue weighted by Crippen LogP contribution is -2.39. The van der Waals surface area contributed by atoms with Gasteiger partial charge in [0.15, 0.2) is 5.96 Å². The summed E-state index contributed by atoms with van der Waals surface area (Å²) in [4.78, 5) is 4.19. The molecule has 0 amide bonds. The molecule has 0 bridgehead atoms. The lowest BCUT2D eigenvalue weighted by Gasteiger charge is -2.11. The fraction of sp³-hybridized carbons (Fsp3) is 0.533. The van der Waals surface area contributed by atoms with Crippen LogP contribution in [0, 0.1) is 5.82 Å². The first-order valence-electron chi connectivity index (χ1n) is 6.97. The van der Waals surface area contributed by atoms with E-state index in [-0.39, 0.29) is 35.7 Å². The molecule has 2 atom stereocenters. The summed E-state index contributed by atoms with van der Waals surface area (Å²) >= 11 is 0. The third-order valence-corrected chi connectivity index (χ3v) is 3.46. The molecule has 0 spiro atoms. The molecule has 0 heterocycles. The Morgan fingerprint density at radius 2 is 2.15 bits per heavy atom. The third kappa shape index (κ3) is 4.61. The molecule has 0 aliphatic heterocycles. The zero-order valence-corrected chi connectivity index (χ0v) is 14.4. The van der Waals surface area contributed by atoms with Crippen molar-refractivity contribution < 1.29 is 4.39 Å². The van der Waals surface area contributed by atoms with Gasteiger partial charge in [-0.15, -0.1) is 24.0 Å². The second-order valence-electron chi connectivity index (χ2n) is 4.97. The van der Waals surface area contributed by atoms with E-state index >= 15 is 0 Å². The van der Waals surface area contributed by atoms with Crippen LogP contribution in [0.4, 0.5) is 4.39 Å². The van der Waals surface area contributed by atoms with Gasteiger partial charge >= 0.3 is 0 Å². The maximum atomic E-state index is 13.6. The Morgan fingerprint density at radius 1 is 1.40 bits per heavy atom. The van der Waals surface area contributed by atoms with Gasteiger partial charge in [0.2, 0.25) is 0 Å². The van der Waals surface area contributed by atoms with Crippen molar-refractivity contribution in [3.63, 3.8) is 0 Å². The van der Waals surface area contributed by atoms with Crippen molar-refractivity contribution in [1.82, 2.24) is 10.6 Å². The van der Waals surface area contributed by atoms with E-state index in [1.165, 1.54) is 6.07 Å². The second-order valence-corrected chi connectivity index (χ2v) is 4.97. The SMILES string of the molecule is CCCCNC(=NC)NC1CC1c1ccccc1F.I. The Hall–Kier alpha value is -0.850. The highest BCUT2D eigenvalue weighted by molar-refractivity contribution is 14.0. The monoisotopic (exact) mass is 391 g/mol. The molecule has 1 aliphatic carbocycles. The van der Waals surface area contributed by atoms with Crippen LogP contribution in [0.2, 0.25) is 0 Å². The van der Waals surface area contributed by atoms with Crippen LogP contribution in [0.1, 0.15) is 37.7 Å². The van der Waals surface area contributed by atoms with E-state index in [2.05, 4.69) is 22.5 Å². The fourth-order valence-corrected chi connectivity index (χ4v) is 2.23. The average molecular weight is 391 g/mol. The van der Waals surface area contributed by atoms with Crippen molar-refractivity contribution in [3.05, 3.63) is 35.6 Å². The number of rotatable bonds is 5. The van der Waals surface area contributed by atoms with Gasteiger partial charge in [-0.1, -0.05) is 31.5 Å². The summed E-state index contributed by atoms with van der Waals surface area (Å²) in [5.74, 6) is 0.981. The van der Waals surface area contributed by atoms with E-state index < -0.39 is 0 Å². The molecule has 2 N–H and O–H groups in total. The first-order chi connectivity index (χ1) is 9.26. The van der Waals surface area contributed by atoms with Crippen molar-refractivity contribution in [2.75, 3.05) is 13.6 Å². The lowest BCUT2D eigenvalue weighted by molar-refractivity contribution is 0.607. The van der Waals surface area contributed by atoms with Crippen LogP contribution < -0.4 is 10.6 Å². The standard InChI is InChI=1S/C15H22FN3.HI/c1-3-4-9-18-15(17-2)19-14-10-12(14)11-7-5-6-8-13(11)16;/h5-8,12,14H,3-4,9-10H2,1-2H3,(H2,17,18,19);1H. The molecule has 1 aromatic carbocycles. The van der Waals surface area contributed by atoms with E-state index in [1.54, 1.807) is 13.1 Å². The number of hydrogen-bond donors (Lipinski definition) is 2. The van der Waals surface area contributed by atoms with Crippen molar-refractivity contribution >= 4 is 29.9 Å². The number of halogens is 2. The summed E-state index contributed by atoms with van der Waals surface area (Å²) in [6.45, 7) is 3.08. The molecule has 5 heteroatoms. The summed E-state index contributed by atoms with van der Waals surface area (Å²) in [5.41, 5.74) is 0.809. The molecule has 1 fully saturated rings. The van der Waals surface area contributed by atoms with Gasteiger partial charge in [-0.05, 0) is 24.5 Å². The molecule has 1 aromatic rings. The van der Waals surface area contributed by atoms with Crippen LogP contribution in [0.15, 0.2) is 29.3 Å². The Bertz CT molecular complexity index is 450. The highest BCUT2D eigenvalue weighted by atomic mass is 127. The second kappa shape index (κ2) is 8.44. The van der Waals surface area contributed by atoms with Crippen LogP contribution >= 0.6 is 24.0 Å². The molecule has 3 nitrogen and oxygen atoms in total. The highest BCUT2D eigenvalue weighted by Crippen LogP contribution is 2.41. The van der Waals surface area contributed by atoms with Gasteiger partial charge < -0.3 is 10.6 Å². The van der Waals surface area contributed by atoms with Gasteiger partial charge in [-0.3, -0.25) is 4.99 Å². The predicted octanol–water partition coefficient (Wildman–Crippen LogP) is 3.26. The van der Waals surface area contributed by atoms with E-state index in [9.17, 15) is 4.39 Å². The van der Waals surface area contributed by atoms with Gasteiger partial charge in [0.05, 0.1) is 0 Å². The Labute approximate surface area is 137 Å². The zero-order valence-electron chi connectivity index (χ0n) is 12.0. The van der Waals surface area contributed by atoms with E-state index in [0.717, 1.165) is 37.3 Å². The van der Waals surface area contributed by atoms with Gasteiger partial charge in [0.25, 0.3) is 0 Å². The van der Waals surface area contributed by atoms with Gasteiger partial charge in [0.1, 0.15) is 5.82 Å². The summed E-state index contributed by atoms with van der Waals surface area (Å²) in [6, 6.07) is 7.31. The Kier molecular flexibility index (Phi) is 7.26. The number of guanidine groups is 1. The smallest absolute Gasteiger partial charge is 0.191 e. The molecule has 0 saturated heterocycles. The van der Waals surface area contributed by atoms with Gasteiger partial charge in [0, 0.05) is 25.6 Å². The van der Waals surface area contributed by atoms with E-state index in [0.29, 0.717) is 6.04 Å². The molecule has 1 saturated carbocycles. The van der Waals surface area contributed by atoms with Crippen LogP contribution in [-0.4, -0.2) is 25.6 Å². The third-order valence-electron chi connectivity index (χ3n) is 3.46. The lowest BCUT2D eigenvalue weighted by atomic mass is 10.1. The molecule has 2 rings (SSSR count). The zero-order chi connectivity index (χ0) is 13.7. The minimum Gasteiger partial charge on any atom is -0.356 e. The minimum atomic E-state index is -0.106. The molecule has 2 unspecified atom stereocenters. The fourth-order valence-electron chi connectivity index (χ4n) is 2.23. The number of aliphatic imine (C=N–C) groups is 1. The molecule has 1 aliphatic rings. The summed E-state index contributed by atoms with van der Waals surface area (Å²) in [5, 5.41) is 6.62. The molecule has 0 radical (unpaired) electrons. The Balaban J connectivity index is 0.00000200. The van der Waals surface area contributed by atoms with Gasteiger partial charge in [-0.25, -0.2) is 4.39 Å². The van der Waals surface area contributed by atoms with Crippen LogP contribution in [-0.2, 0) is 0 Å². The van der Waals surface area contributed by atoms with E-state index in [4.69, 9.17) is 0 Å². The largest absolute Gasteiger partial charge is 0.356 e. The Morgan fingerprint density at radius 3 is 2.80 bits per heavy atom. The molecule has 20 heavy (non-hydrogen) atoms. The van der Waals surface area contributed by atoms with E-state index in [1.807, 2.05) is 12.1 Å². The number of unbranched alkanes of at least 4 members (excludes halogenated alkanes) is 1. The maximum absolute atomic E-state index is 13.6. The summed E-state index contributed by atoms with van der Waals surface area (Å²) in [6.07, 6.45) is 3.25. The summed E-state index contributed by atoms with van der Waals surface area (Å²) < 4.78 is 13.6. The average Bonchev–Trinajstić information content (AvgIpc) is 3.17. The number of nitrogens with one attached hydrogen (secondary N) is 2.